The van der Waals surface area contributed by atoms with Crippen molar-refractivity contribution in [2.45, 2.75) is 6.92 Å². The van der Waals surface area contributed by atoms with Gasteiger partial charge in [-0.1, -0.05) is 0 Å². The number of cyclic esters (lactones) is 1. The minimum absolute atomic E-state index is 0. The summed E-state index contributed by atoms with van der Waals surface area (Å²) in [5.41, 5.74) is -0.119. The zero-order valence-electron chi connectivity index (χ0n) is 7.49. The van der Waals surface area contributed by atoms with Crippen LogP contribution < -0.4 is 51.4 Å². The molecule has 1 N–H and O–H groups in total. The fourth-order valence-electron chi connectivity index (χ4n) is 0.677. The molecule has 0 radical (unpaired) electrons. The van der Waals surface area contributed by atoms with E-state index in [0.717, 1.165) is 0 Å². The molecule has 0 unspecified atom stereocenters. The van der Waals surface area contributed by atoms with Gasteiger partial charge in [-0.15, -0.1) is 6.08 Å². The van der Waals surface area contributed by atoms with Gasteiger partial charge in [0.1, 0.15) is 0 Å². The molecule has 0 amide bonds. The summed E-state index contributed by atoms with van der Waals surface area (Å²) in [4.78, 5) is 21.5. The second kappa shape index (κ2) is 7.66. The van der Waals surface area contributed by atoms with Gasteiger partial charge in [0.15, 0.2) is 0 Å². The first-order valence-electron chi connectivity index (χ1n) is 3.20. The molecule has 1 aliphatic heterocycles. The molecule has 6 heteroatoms. The predicted octanol–water partition coefficient (Wildman–Crippen LogP) is -3.34. The van der Waals surface area contributed by atoms with Gasteiger partial charge in [-0.25, -0.2) is 0 Å². The van der Waals surface area contributed by atoms with Crippen molar-refractivity contribution >= 4 is 11.9 Å². The fraction of sp³-hybridized carbons (Fsp3) is 0.429. The van der Waals surface area contributed by atoms with E-state index < -0.39 is 11.9 Å². The maximum atomic E-state index is 10.8. The molecule has 0 aromatic rings. The number of ether oxygens (including phenoxy) is 2. The van der Waals surface area contributed by atoms with Gasteiger partial charge in [-0.3, -0.25) is 0 Å². The van der Waals surface area contributed by atoms with Crippen LogP contribution in [0.5, 0.6) is 0 Å². The number of rotatable bonds is 2. The van der Waals surface area contributed by atoms with Gasteiger partial charge in [-0.2, -0.15) is 0 Å². The molecule has 13 heavy (non-hydrogen) atoms. The van der Waals surface area contributed by atoms with E-state index in [1.165, 1.54) is 0 Å². The Kier molecular flexibility index (Phi) is 9.27. The molecule has 0 aromatic heterocycles. The largest absolute Gasteiger partial charge is 1.00 e. The zero-order valence-corrected chi connectivity index (χ0v) is 10.6. The Labute approximate surface area is 118 Å². The predicted molar refractivity (Wildman–Crippen MR) is 36.3 cm³/mol. The number of hydrogen-bond donors (Lipinski definition) is 0. The second-order valence-electron chi connectivity index (χ2n) is 1.85. The molecule has 68 valence electrons. The van der Waals surface area contributed by atoms with E-state index in [1.54, 1.807) is 6.92 Å². The third-order valence-corrected chi connectivity index (χ3v) is 1.14. The van der Waals surface area contributed by atoms with E-state index in [0.29, 0.717) is 0 Å². The Hall–Kier alpha value is 0.276. The van der Waals surface area contributed by atoms with Crippen LogP contribution in [-0.4, -0.2) is 30.6 Å². The summed E-state index contributed by atoms with van der Waals surface area (Å²) in [7, 11) is 0. The molecule has 0 atom stereocenters. The molecule has 0 saturated heterocycles. The molecular formula is C7H8KO5-. The summed E-state index contributed by atoms with van der Waals surface area (Å²) in [6.07, 6.45) is 2.46. The van der Waals surface area contributed by atoms with Crippen molar-refractivity contribution in [1.82, 2.24) is 0 Å². The maximum absolute atomic E-state index is 10.8. The Morgan fingerprint density at radius 3 is 2.69 bits per heavy atom. The fourth-order valence-corrected chi connectivity index (χ4v) is 0.677. The maximum Gasteiger partial charge on any atom is 1.00 e. The molecule has 0 spiro atoms. The monoisotopic (exact) mass is 211 g/mol. The summed E-state index contributed by atoms with van der Waals surface area (Å²) < 4.78 is 9.00. The van der Waals surface area contributed by atoms with Crippen molar-refractivity contribution in [2.24, 2.45) is 0 Å². The number of hydrogen-bond acceptors (Lipinski definition) is 5. The Morgan fingerprint density at radius 2 is 2.31 bits per heavy atom. The smallest absolute Gasteiger partial charge is 0.870 e. The van der Waals surface area contributed by atoms with Crippen molar-refractivity contribution in [3.63, 3.8) is 0 Å². The summed E-state index contributed by atoms with van der Waals surface area (Å²) in [5, 5.41) is 0. The minimum Gasteiger partial charge on any atom is -0.870 e. The van der Waals surface area contributed by atoms with Gasteiger partial charge in [-0.05, 0) is 12.5 Å². The van der Waals surface area contributed by atoms with E-state index in [9.17, 15) is 9.59 Å². The quantitative estimate of drug-likeness (QED) is 0.206. The van der Waals surface area contributed by atoms with Crippen LogP contribution in [0.2, 0.25) is 0 Å². The van der Waals surface area contributed by atoms with Crippen molar-refractivity contribution in [2.75, 3.05) is 13.2 Å². The first kappa shape index (κ1) is 15.7. The molecule has 0 fully saturated rings. The van der Waals surface area contributed by atoms with Gasteiger partial charge >= 0.3 is 51.4 Å². The van der Waals surface area contributed by atoms with Crippen molar-refractivity contribution in [1.29, 1.82) is 0 Å². The Bertz CT molecular complexity index is 223. The standard InChI is InChI=1S/C7H7O4.K.H2O/c1-2-10-6(8)5-3-4-11-7(5)9;;/h2,4H2,1H3;;1H2/q-1;+1;/p-1. The van der Waals surface area contributed by atoms with Crippen LogP contribution in [0.1, 0.15) is 6.92 Å². The Morgan fingerprint density at radius 1 is 1.69 bits per heavy atom. The normalized spacial score (nSPS) is 13.3. The van der Waals surface area contributed by atoms with E-state index in [2.05, 4.69) is 15.5 Å². The van der Waals surface area contributed by atoms with Crippen LogP contribution in [0.15, 0.2) is 5.57 Å². The molecule has 1 aliphatic rings. The van der Waals surface area contributed by atoms with Crippen molar-refractivity contribution < 1.29 is 75.9 Å². The van der Waals surface area contributed by atoms with Crippen LogP contribution in [-0.2, 0) is 19.1 Å². The number of carbonyl (C=O) groups excluding carboxylic acids is 2. The van der Waals surface area contributed by atoms with Gasteiger partial charge < -0.3 is 24.5 Å². The van der Waals surface area contributed by atoms with E-state index >= 15 is 0 Å². The summed E-state index contributed by atoms with van der Waals surface area (Å²) in [6.45, 7) is 1.96. The van der Waals surface area contributed by atoms with Gasteiger partial charge in [0, 0.05) is 6.61 Å². The first-order valence-corrected chi connectivity index (χ1v) is 3.20. The minimum atomic E-state index is -0.657. The summed E-state index contributed by atoms with van der Waals surface area (Å²) >= 11 is 0. The molecule has 1 rings (SSSR count). The number of esters is 2. The summed E-state index contributed by atoms with van der Waals surface area (Å²) in [6, 6.07) is 0. The van der Waals surface area contributed by atoms with E-state index in [-0.39, 0.29) is 75.6 Å². The topological polar surface area (TPSA) is 82.6 Å². The van der Waals surface area contributed by atoms with Gasteiger partial charge in [0.25, 0.3) is 0 Å². The summed E-state index contributed by atoms with van der Waals surface area (Å²) in [5.74, 6) is -1.31. The molecule has 0 aromatic carbocycles. The average Bonchev–Trinajstić information content (AvgIpc) is 2.36. The second-order valence-corrected chi connectivity index (χ2v) is 1.85. The third kappa shape index (κ3) is 4.34. The van der Waals surface area contributed by atoms with Crippen LogP contribution >= 0.6 is 0 Å². The molecule has 1 heterocycles. The van der Waals surface area contributed by atoms with Gasteiger partial charge in [0.05, 0.1) is 6.61 Å². The molecule has 5 nitrogen and oxygen atoms in total. The van der Waals surface area contributed by atoms with Crippen LogP contribution in [0.25, 0.3) is 0 Å². The van der Waals surface area contributed by atoms with Crippen LogP contribution in [0.3, 0.4) is 0 Å². The first-order chi connectivity index (χ1) is 5.25. The SMILES string of the molecule is CCOC(=O)C1=[C-]COC1=O.[K+].[OH-]. The van der Waals surface area contributed by atoms with E-state index in [4.69, 9.17) is 0 Å². The van der Waals surface area contributed by atoms with Crippen molar-refractivity contribution in [3.8, 4) is 0 Å². The van der Waals surface area contributed by atoms with Crippen LogP contribution in [0.4, 0.5) is 0 Å². The number of carbonyl (C=O) groups is 2. The van der Waals surface area contributed by atoms with Gasteiger partial charge in [0.2, 0.25) is 11.9 Å². The molecule has 0 saturated carbocycles. The molecule has 0 aliphatic carbocycles. The zero-order chi connectivity index (χ0) is 8.27. The van der Waals surface area contributed by atoms with Crippen molar-refractivity contribution in [3.05, 3.63) is 11.6 Å². The average molecular weight is 211 g/mol. The third-order valence-electron chi connectivity index (χ3n) is 1.14. The van der Waals surface area contributed by atoms with E-state index in [1.807, 2.05) is 0 Å². The molecule has 0 bridgehead atoms. The molecular weight excluding hydrogens is 203 g/mol. The Balaban J connectivity index is 0. The van der Waals surface area contributed by atoms with Crippen LogP contribution in [0, 0.1) is 6.08 Å².